The van der Waals surface area contributed by atoms with Gasteiger partial charge in [0.05, 0.1) is 5.71 Å². The Hall–Kier alpha value is -1.23. The fraction of sp³-hybridized carbons (Fsp3) is 0.875. The van der Waals surface area contributed by atoms with Crippen LogP contribution < -0.4 is 5.32 Å². The highest BCUT2D eigenvalue weighted by atomic mass is 16.6. The number of ketones is 2. The molecule has 0 radical (unpaired) electrons. The second-order valence-electron chi connectivity index (χ2n) is 11.1. The van der Waals surface area contributed by atoms with Gasteiger partial charge in [-0.1, -0.05) is 25.4 Å². The van der Waals surface area contributed by atoms with Gasteiger partial charge in [0.1, 0.15) is 6.61 Å². The molecule has 0 amide bonds. The van der Waals surface area contributed by atoms with Gasteiger partial charge in [-0.2, -0.15) is 0 Å². The number of carbonyl (C=O) groups is 2. The molecular formula is C24H36N2O3. The molecule has 1 saturated heterocycles. The van der Waals surface area contributed by atoms with Gasteiger partial charge in [0.2, 0.25) is 11.6 Å². The average Bonchev–Trinajstić information content (AvgIpc) is 3.35. The number of nitrogens with zero attached hydrogens (tertiary/aromatic N) is 1. The Morgan fingerprint density at radius 2 is 1.90 bits per heavy atom. The maximum absolute atomic E-state index is 13.3. The van der Waals surface area contributed by atoms with Crippen LogP contribution >= 0.6 is 0 Å². The molecule has 1 N–H and O–H groups in total. The standard InChI is InChI=1S/C24H36N2O3/c1-23-9-3-6-17(23)20-18(8-10-23)24(2)11-7-15(13-19(24)21(27)22(20)28)26-29-14-16-5-4-12-25-16/h16-20,25H,3-14H2,1-2H3/t16-,17-,18-,19?,20-,23-,24+/m0/s1. The van der Waals surface area contributed by atoms with E-state index in [4.69, 9.17) is 4.84 Å². The van der Waals surface area contributed by atoms with E-state index in [2.05, 4.69) is 24.3 Å². The van der Waals surface area contributed by atoms with Crippen LogP contribution in [-0.2, 0) is 14.4 Å². The molecule has 5 rings (SSSR count). The topological polar surface area (TPSA) is 67.8 Å². The van der Waals surface area contributed by atoms with Crippen molar-refractivity contribution in [2.24, 2.45) is 39.7 Å². The van der Waals surface area contributed by atoms with Crippen molar-refractivity contribution in [3.05, 3.63) is 0 Å². The number of oxime groups is 1. The second kappa shape index (κ2) is 7.18. The van der Waals surface area contributed by atoms with Gasteiger partial charge in [0, 0.05) is 17.9 Å². The fourth-order valence-corrected chi connectivity index (χ4v) is 7.76. The molecule has 5 nitrogen and oxygen atoms in total. The first kappa shape index (κ1) is 19.7. The molecule has 29 heavy (non-hydrogen) atoms. The molecule has 5 heteroatoms. The van der Waals surface area contributed by atoms with Crippen LogP contribution in [0.5, 0.6) is 0 Å². The SMILES string of the molecule is C[C@@]12CCC[C@H]1[C@@H]1C(=O)C(=O)C3CC(=NOC[C@@H]4CCCN4)CC[C@]3(C)[C@H]1CC2. The Morgan fingerprint density at radius 1 is 1.03 bits per heavy atom. The van der Waals surface area contributed by atoms with Crippen LogP contribution in [0.15, 0.2) is 5.16 Å². The molecule has 0 aromatic carbocycles. The van der Waals surface area contributed by atoms with Crippen LogP contribution in [0.2, 0.25) is 0 Å². The predicted molar refractivity (Wildman–Crippen MR) is 112 cm³/mol. The molecule has 0 aromatic heterocycles. The average molecular weight is 401 g/mol. The van der Waals surface area contributed by atoms with Gasteiger partial charge in [0.15, 0.2) is 0 Å². The zero-order chi connectivity index (χ0) is 20.2. The van der Waals surface area contributed by atoms with Crippen molar-refractivity contribution in [1.82, 2.24) is 5.32 Å². The summed E-state index contributed by atoms with van der Waals surface area (Å²) in [5.41, 5.74) is 1.21. The number of fused-ring (bicyclic) bond motifs is 5. The summed E-state index contributed by atoms with van der Waals surface area (Å²) in [6, 6.07) is 0.398. The van der Waals surface area contributed by atoms with Gasteiger partial charge in [0.25, 0.3) is 0 Å². The third kappa shape index (κ3) is 3.10. The Labute approximate surface area is 174 Å². The number of hydrogen-bond donors (Lipinski definition) is 1. The minimum atomic E-state index is -0.192. The summed E-state index contributed by atoms with van der Waals surface area (Å²) in [7, 11) is 0. The maximum Gasteiger partial charge on any atom is 0.202 e. The molecule has 5 fully saturated rings. The highest BCUT2D eigenvalue weighted by Gasteiger charge is 2.63. The number of rotatable bonds is 3. The van der Waals surface area contributed by atoms with Crippen molar-refractivity contribution in [2.75, 3.05) is 13.2 Å². The Morgan fingerprint density at radius 3 is 2.69 bits per heavy atom. The number of hydrogen-bond acceptors (Lipinski definition) is 5. The summed E-state index contributed by atoms with van der Waals surface area (Å²) >= 11 is 0. The van der Waals surface area contributed by atoms with Crippen molar-refractivity contribution in [1.29, 1.82) is 0 Å². The fourth-order valence-electron chi connectivity index (χ4n) is 7.76. The monoisotopic (exact) mass is 400 g/mol. The molecule has 1 heterocycles. The molecular weight excluding hydrogens is 364 g/mol. The first-order chi connectivity index (χ1) is 13.9. The maximum atomic E-state index is 13.3. The summed E-state index contributed by atoms with van der Waals surface area (Å²) in [5, 5.41) is 7.83. The van der Waals surface area contributed by atoms with Crippen molar-refractivity contribution < 1.29 is 14.4 Å². The molecule has 160 valence electrons. The van der Waals surface area contributed by atoms with Gasteiger partial charge in [-0.15, -0.1) is 0 Å². The van der Waals surface area contributed by atoms with Gasteiger partial charge >= 0.3 is 0 Å². The quantitative estimate of drug-likeness (QED) is 0.576. The van der Waals surface area contributed by atoms with Gasteiger partial charge in [-0.25, -0.2) is 0 Å². The zero-order valence-corrected chi connectivity index (χ0v) is 18.0. The molecule has 7 atom stereocenters. The van der Waals surface area contributed by atoms with Gasteiger partial charge in [-0.05, 0) is 87.0 Å². The number of carbonyl (C=O) groups excluding carboxylic acids is 2. The summed E-state index contributed by atoms with van der Waals surface area (Å²) < 4.78 is 0. The minimum absolute atomic E-state index is 0.0202. The van der Waals surface area contributed by atoms with Crippen LogP contribution in [0.1, 0.15) is 78.1 Å². The summed E-state index contributed by atoms with van der Waals surface area (Å²) in [5.74, 6) is 0.435. The van der Waals surface area contributed by atoms with Crippen LogP contribution in [0.25, 0.3) is 0 Å². The van der Waals surface area contributed by atoms with E-state index >= 15 is 0 Å². The lowest BCUT2D eigenvalue weighted by atomic mass is 9.44. The van der Waals surface area contributed by atoms with Crippen molar-refractivity contribution in [3.63, 3.8) is 0 Å². The summed E-state index contributed by atoms with van der Waals surface area (Å²) in [4.78, 5) is 32.2. The van der Waals surface area contributed by atoms with Crippen LogP contribution in [0, 0.1) is 34.5 Å². The lowest BCUT2D eigenvalue weighted by Gasteiger charge is -2.58. The normalized spacial score (nSPS) is 48.3. The van der Waals surface area contributed by atoms with Crippen LogP contribution in [0.3, 0.4) is 0 Å². The van der Waals surface area contributed by atoms with Crippen molar-refractivity contribution in [3.8, 4) is 0 Å². The third-order valence-corrected chi connectivity index (χ3v) is 9.58. The molecule has 4 aliphatic carbocycles. The zero-order valence-electron chi connectivity index (χ0n) is 18.0. The van der Waals surface area contributed by atoms with E-state index in [0.717, 1.165) is 44.4 Å². The highest BCUT2D eigenvalue weighted by Crippen LogP contribution is 2.64. The van der Waals surface area contributed by atoms with E-state index in [1.807, 2.05) is 0 Å². The van der Waals surface area contributed by atoms with Crippen LogP contribution in [-0.4, -0.2) is 36.5 Å². The number of nitrogens with one attached hydrogen (secondary N) is 1. The highest BCUT2D eigenvalue weighted by molar-refractivity contribution is 6.40. The Bertz CT molecular complexity index is 728. The molecule has 1 aliphatic heterocycles. The third-order valence-electron chi connectivity index (χ3n) is 9.58. The molecule has 5 aliphatic rings. The van der Waals surface area contributed by atoms with E-state index in [-0.39, 0.29) is 34.2 Å². The van der Waals surface area contributed by atoms with E-state index < -0.39 is 0 Å². The lowest BCUT2D eigenvalue weighted by molar-refractivity contribution is -0.164. The second-order valence-corrected chi connectivity index (χ2v) is 11.1. The first-order valence-corrected chi connectivity index (χ1v) is 11.9. The van der Waals surface area contributed by atoms with Crippen molar-refractivity contribution in [2.45, 2.75) is 84.1 Å². The van der Waals surface area contributed by atoms with E-state index in [9.17, 15) is 9.59 Å². The van der Waals surface area contributed by atoms with Crippen LogP contribution in [0.4, 0.5) is 0 Å². The molecule has 0 spiro atoms. The molecule has 1 unspecified atom stereocenters. The Balaban J connectivity index is 1.33. The van der Waals surface area contributed by atoms with E-state index in [1.54, 1.807) is 0 Å². The molecule has 0 bridgehead atoms. The van der Waals surface area contributed by atoms with Crippen molar-refractivity contribution >= 4 is 17.3 Å². The Kier molecular flexibility index (Phi) is 4.88. The van der Waals surface area contributed by atoms with Gasteiger partial charge < -0.3 is 10.2 Å². The van der Waals surface area contributed by atoms with Gasteiger partial charge in [-0.3, -0.25) is 9.59 Å². The number of Topliss-reactive ketones (excluding diaryl/α,β-unsaturated/α-hetero) is 2. The predicted octanol–water partition coefficient (Wildman–Crippen LogP) is 3.90. The summed E-state index contributed by atoms with van der Waals surface area (Å²) in [6.07, 6.45) is 10.7. The summed E-state index contributed by atoms with van der Waals surface area (Å²) in [6.45, 7) is 6.33. The van der Waals surface area contributed by atoms with E-state index in [1.165, 1.54) is 25.7 Å². The smallest absolute Gasteiger partial charge is 0.202 e. The largest absolute Gasteiger partial charge is 0.394 e. The first-order valence-electron chi connectivity index (χ1n) is 11.9. The van der Waals surface area contributed by atoms with E-state index in [0.29, 0.717) is 30.9 Å². The lowest BCUT2D eigenvalue weighted by Crippen LogP contribution is -2.60. The minimum Gasteiger partial charge on any atom is -0.394 e. The molecule has 0 aromatic rings. The molecule has 4 saturated carbocycles.